The highest BCUT2D eigenvalue weighted by atomic mass is 32.2. The summed E-state index contributed by atoms with van der Waals surface area (Å²) in [5.74, 6) is 3.25. The van der Waals surface area contributed by atoms with Crippen LogP contribution in [0, 0.1) is 17.8 Å². The lowest BCUT2D eigenvalue weighted by molar-refractivity contribution is 0.144. The quantitative estimate of drug-likeness (QED) is 0.442. The molecule has 4 atom stereocenters. The summed E-state index contributed by atoms with van der Waals surface area (Å²) in [6, 6.07) is 7.12. The van der Waals surface area contributed by atoms with E-state index in [1.165, 1.54) is 24.7 Å². The lowest BCUT2D eigenvalue weighted by Crippen LogP contribution is -2.29. The van der Waals surface area contributed by atoms with E-state index >= 15 is 0 Å². The minimum Gasteiger partial charge on any atom is -0.463 e. The lowest BCUT2D eigenvalue weighted by atomic mass is 9.73. The third kappa shape index (κ3) is 5.37. The van der Waals surface area contributed by atoms with Crippen LogP contribution in [0.2, 0.25) is 0 Å². The standard InChI is InChI=1S/C27H32N4O3S/c1-3-4-18-13-28-26(29-14-18)25-21-5-6-22(25)12-19(11-21)17-34-27-30-15-23(16-31-27)20-7-9-24(10-8-20)35(2,32)33/h7-10,13-16,19,21-22,25H,3-6,11-12,17H2,1-2H3/t19?,21-,22?,25?/m0/s1. The van der Waals surface area contributed by atoms with Crippen molar-refractivity contribution in [2.24, 2.45) is 17.8 Å². The number of rotatable bonds is 8. The Morgan fingerprint density at radius 3 is 2.09 bits per heavy atom. The highest BCUT2D eigenvalue weighted by Gasteiger charge is 2.44. The Kier molecular flexibility index (Phi) is 6.82. The Balaban J connectivity index is 1.17. The van der Waals surface area contributed by atoms with Crippen molar-refractivity contribution in [2.75, 3.05) is 12.9 Å². The third-order valence-electron chi connectivity index (χ3n) is 7.45. The smallest absolute Gasteiger partial charge is 0.316 e. The van der Waals surface area contributed by atoms with Crippen molar-refractivity contribution in [3.8, 4) is 17.1 Å². The topological polar surface area (TPSA) is 94.9 Å². The highest BCUT2D eigenvalue weighted by molar-refractivity contribution is 7.90. The monoisotopic (exact) mass is 492 g/mol. The van der Waals surface area contributed by atoms with Gasteiger partial charge in [-0.2, -0.15) is 0 Å². The van der Waals surface area contributed by atoms with Crippen LogP contribution >= 0.6 is 0 Å². The van der Waals surface area contributed by atoms with E-state index in [0.717, 1.165) is 42.6 Å². The van der Waals surface area contributed by atoms with Gasteiger partial charge in [0.05, 0.1) is 11.5 Å². The van der Waals surface area contributed by atoms with Crippen LogP contribution in [0.1, 0.15) is 56.3 Å². The largest absolute Gasteiger partial charge is 0.463 e. The van der Waals surface area contributed by atoms with E-state index in [9.17, 15) is 8.42 Å². The second kappa shape index (κ2) is 10.0. The fraction of sp³-hybridized carbons (Fsp3) is 0.481. The van der Waals surface area contributed by atoms with Crippen molar-refractivity contribution in [2.45, 2.75) is 56.3 Å². The lowest BCUT2D eigenvalue weighted by Gasteiger charge is -2.34. The summed E-state index contributed by atoms with van der Waals surface area (Å²) in [6.07, 6.45) is 15.6. The Morgan fingerprint density at radius 1 is 0.886 bits per heavy atom. The summed E-state index contributed by atoms with van der Waals surface area (Å²) < 4.78 is 29.3. The van der Waals surface area contributed by atoms with E-state index in [-0.39, 0.29) is 0 Å². The number of benzene rings is 1. The number of ether oxygens (including phenoxy) is 1. The predicted octanol–water partition coefficient (Wildman–Crippen LogP) is 4.89. The van der Waals surface area contributed by atoms with Crippen molar-refractivity contribution >= 4 is 9.84 Å². The van der Waals surface area contributed by atoms with Gasteiger partial charge in [0.25, 0.3) is 0 Å². The van der Waals surface area contributed by atoms with Gasteiger partial charge in [0.2, 0.25) is 0 Å². The number of aryl methyl sites for hydroxylation is 1. The molecule has 7 nitrogen and oxygen atoms in total. The molecule has 2 bridgehead atoms. The maximum Gasteiger partial charge on any atom is 0.316 e. The second-order valence-corrected chi connectivity index (χ2v) is 12.0. The molecule has 35 heavy (non-hydrogen) atoms. The molecule has 2 aliphatic rings. The van der Waals surface area contributed by atoms with Crippen molar-refractivity contribution < 1.29 is 13.2 Å². The summed E-state index contributed by atoms with van der Waals surface area (Å²) in [6.45, 7) is 2.80. The van der Waals surface area contributed by atoms with Crippen molar-refractivity contribution in [3.05, 3.63) is 60.4 Å². The van der Waals surface area contributed by atoms with Crippen LogP contribution in [0.25, 0.3) is 11.1 Å². The normalized spacial score (nSPS) is 23.8. The third-order valence-corrected chi connectivity index (χ3v) is 8.58. The number of hydrogen-bond donors (Lipinski definition) is 0. The van der Waals surface area contributed by atoms with Crippen LogP contribution in [-0.2, 0) is 16.3 Å². The van der Waals surface area contributed by atoms with Crippen molar-refractivity contribution in [1.82, 2.24) is 19.9 Å². The second-order valence-electron chi connectivity index (χ2n) is 10.0. The molecule has 0 N–H and O–H groups in total. The van der Waals surface area contributed by atoms with Gasteiger partial charge in [-0.25, -0.2) is 28.4 Å². The molecule has 0 radical (unpaired) electrons. The predicted molar refractivity (Wildman–Crippen MR) is 134 cm³/mol. The summed E-state index contributed by atoms with van der Waals surface area (Å²) in [5, 5.41) is 0. The SMILES string of the molecule is CCCc1cnc(C2C3CC[C@H]2CC(COc2ncc(-c4ccc(S(C)(=O)=O)cc4)cn2)C3)nc1. The Hall–Kier alpha value is -2.87. The molecule has 5 rings (SSSR count). The minimum atomic E-state index is -3.21. The van der Waals surface area contributed by atoms with Gasteiger partial charge in [0, 0.05) is 42.5 Å². The fourth-order valence-corrected chi connectivity index (χ4v) is 6.42. The van der Waals surface area contributed by atoms with Gasteiger partial charge in [0.15, 0.2) is 9.84 Å². The molecule has 3 aromatic rings. The molecule has 0 aliphatic heterocycles. The average Bonchev–Trinajstić information content (AvgIpc) is 3.13. The molecule has 3 unspecified atom stereocenters. The molecule has 8 heteroatoms. The van der Waals surface area contributed by atoms with Crippen LogP contribution in [0.3, 0.4) is 0 Å². The zero-order valence-corrected chi connectivity index (χ0v) is 21.1. The Morgan fingerprint density at radius 2 is 1.51 bits per heavy atom. The summed E-state index contributed by atoms with van der Waals surface area (Å²) in [4.78, 5) is 18.5. The van der Waals surface area contributed by atoms with Gasteiger partial charge in [0.1, 0.15) is 5.82 Å². The number of aromatic nitrogens is 4. The van der Waals surface area contributed by atoms with E-state index in [1.807, 2.05) is 12.4 Å². The summed E-state index contributed by atoms with van der Waals surface area (Å²) in [5.41, 5.74) is 2.91. The molecule has 2 fully saturated rings. The Bertz CT molecular complexity index is 1230. The van der Waals surface area contributed by atoms with Crippen LogP contribution in [0.15, 0.2) is 53.9 Å². The maximum atomic E-state index is 11.6. The first kappa shape index (κ1) is 23.9. The van der Waals surface area contributed by atoms with E-state index in [2.05, 4.69) is 16.9 Å². The van der Waals surface area contributed by atoms with Crippen LogP contribution < -0.4 is 4.74 Å². The van der Waals surface area contributed by atoms with Crippen LogP contribution in [0.5, 0.6) is 6.01 Å². The molecule has 0 spiro atoms. The van der Waals surface area contributed by atoms with Gasteiger partial charge in [-0.3, -0.25) is 0 Å². The first-order chi connectivity index (χ1) is 16.9. The molecule has 2 aromatic heterocycles. The number of sulfone groups is 1. The van der Waals surface area contributed by atoms with Gasteiger partial charge in [-0.05, 0) is 73.1 Å². The maximum absolute atomic E-state index is 11.6. The van der Waals surface area contributed by atoms with Crippen molar-refractivity contribution in [1.29, 1.82) is 0 Å². The van der Waals surface area contributed by atoms with Gasteiger partial charge in [-0.15, -0.1) is 0 Å². The number of nitrogens with zero attached hydrogens (tertiary/aromatic N) is 4. The van der Waals surface area contributed by atoms with E-state index in [0.29, 0.717) is 41.2 Å². The highest BCUT2D eigenvalue weighted by Crippen LogP contribution is 2.53. The molecule has 0 saturated heterocycles. The minimum absolute atomic E-state index is 0.297. The zero-order chi connectivity index (χ0) is 24.4. The van der Waals surface area contributed by atoms with E-state index < -0.39 is 9.84 Å². The van der Waals surface area contributed by atoms with Gasteiger partial charge in [-0.1, -0.05) is 25.5 Å². The first-order valence-electron chi connectivity index (χ1n) is 12.5. The number of hydrogen-bond acceptors (Lipinski definition) is 7. The fourth-order valence-electron chi connectivity index (χ4n) is 5.79. The molecular formula is C27H32N4O3S. The molecule has 2 heterocycles. The Labute approximate surface area is 207 Å². The summed E-state index contributed by atoms with van der Waals surface area (Å²) in [7, 11) is -3.21. The molecule has 0 amide bonds. The number of fused-ring (bicyclic) bond motifs is 2. The van der Waals surface area contributed by atoms with Crippen molar-refractivity contribution in [3.63, 3.8) is 0 Å². The van der Waals surface area contributed by atoms with Gasteiger partial charge >= 0.3 is 6.01 Å². The van der Waals surface area contributed by atoms with Gasteiger partial charge < -0.3 is 4.74 Å². The van der Waals surface area contributed by atoms with Crippen LogP contribution in [0.4, 0.5) is 0 Å². The zero-order valence-electron chi connectivity index (χ0n) is 20.3. The molecule has 2 saturated carbocycles. The molecule has 2 aliphatic carbocycles. The first-order valence-corrected chi connectivity index (χ1v) is 14.4. The average molecular weight is 493 g/mol. The molecule has 1 aromatic carbocycles. The molecular weight excluding hydrogens is 460 g/mol. The summed E-state index contributed by atoms with van der Waals surface area (Å²) >= 11 is 0. The van der Waals surface area contributed by atoms with E-state index in [1.54, 1.807) is 36.7 Å². The van der Waals surface area contributed by atoms with E-state index in [4.69, 9.17) is 14.7 Å². The van der Waals surface area contributed by atoms with Crippen LogP contribution in [-0.4, -0.2) is 41.2 Å². The molecule has 184 valence electrons.